The second-order valence-corrected chi connectivity index (χ2v) is 10.7. The van der Waals surface area contributed by atoms with Crippen LogP contribution in [-0.4, -0.2) is 82.3 Å². The number of carbonyl (C=O) groups excluding carboxylic acids is 5. The second kappa shape index (κ2) is 18.1. The van der Waals surface area contributed by atoms with Crippen molar-refractivity contribution in [2.24, 2.45) is 0 Å². The lowest BCUT2D eigenvalue weighted by molar-refractivity contribution is -0.142. The summed E-state index contributed by atoms with van der Waals surface area (Å²) < 4.78 is 20.3. The van der Waals surface area contributed by atoms with Crippen molar-refractivity contribution in [3.63, 3.8) is 0 Å². The van der Waals surface area contributed by atoms with Gasteiger partial charge in [0.15, 0.2) is 5.78 Å². The zero-order valence-electron chi connectivity index (χ0n) is 26.9. The van der Waals surface area contributed by atoms with E-state index in [2.05, 4.69) is 0 Å². The first-order chi connectivity index (χ1) is 22.0. The van der Waals surface area contributed by atoms with Gasteiger partial charge in [0, 0.05) is 50.2 Å². The zero-order chi connectivity index (χ0) is 33.5. The molecule has 0 bridgehead atoms. The fraction of sp³-hybridized carbons (Fsp3) is 0.400. The van der Waals surface area contributed by atoms with Gasteiger partial charge in [-0.25, -0.2) is 0 Å². The van der Waals surface area contributed by atoms with Crippen molar-refractivity contribution in [1.29, 1.82) is 0 Å². The van der Waals surface area contributed by atoms with Crippen LogP contribution in [-0.2, 0) is 42.9 Å². The minimum Gasteiger partial charge on any atom is -0.464 e. The quantitative estimate of drug-likeness (QED) is 0.148. The third-order valence-corrected chi connectivity index (χ3v) is 7.11. The third-order valence-electron chi connectivity index (χ3n) is 7.11. The first-order valence-corrected chi connectivity index (χ1v) is 15.2. The molecule has 0 aliphatic heterocycles. The van der Waals surface area contributed by atoms with Crippen molar-refractivity contribution < 1.29 is 42.9 Å². The number of hydrogen-bond donors (Lipinski definition) is 0. The molecule has 46 heavy (non-hydrogen) atoms. The van der Waals surface area contributed by atoms with Crippen LogP contribution < -0.4 is 9.80 Å². The Bertz CT molecular complexity index is 1280. The molecular weight excluding hydrogens is 592 g/mol. The number of ether oxygens (including phenoxy) is 4. The molecule has 1 fully saturated rings. The highest BCUT2D eigenvalue weighted by atomic mass is 16.5. The molecule has 11 nitrogen and oxygen atoms in total. The lowest BCUT2D eigenvalue weighted by Crippen LogP contribution is -2.31. The number of esters is 4. The molecule has 11 heteroatoms. The molecule has 0 unspecified atom stereocenters. The van der Waals surface area contributed by atoms with Crippen molar-refractivity contribution in [3.8, 4) is 0 Å². The molecule has 1 saturated carbocycles. The van der Waals surface area contributed by atoms with Gasteiger partial charge < -0.3 is 28.7 Å². The summed E-state index contributed by atoms with van der Waals surface area (Å²) in [6.07, 6.45) is 5.09. The number of Topliss-reactive ketones (excluding diaryl/α,β-unsaturated/α-hetero) is 1. The van der Waals surface area contributed by atoms with Gasteiger partial charge in [-0.05, 0) is 60.4 Å². The Labute approximate surface area is 269 Å². The molecule has 0 spiro atoms. The molecular formula is C35H42N2O9. The molecule has 3 rings (SSSR count). The number of ketones is 1. The third kappa shape index (κ3) is 12.2. The van der Waals surface area contributed by atoms with Crippen LogP contribution in [0.25, 0.3) is 12.2 Å². The summed E-state index contributed by atoms with van der Waals surface area (Å²) in [6, 6.07) is 15.4. The van der Waals surface area contributed by atoms with Gasteiger partial charge >= 0.3 is 23.9 Å². The van der Waals surface area contributed by atoms with Crippen LogP contribution in [0.1, 0.15) is 51.7 Å². The van der Waals surface area contributed by atoms with Gasteiger partial charge in [0.25, 0.3) is 0 Å². The number of hydrogen-bond acceptors (Lipinski definition) is 11. The average Bonchev–Trinajstić information content (AvgIpc) is 3.33. The Hall–Kier alpha value is -4.93. The standard InChI is InChI=1S/C35H42N2O9/c1-25(38)43-19-15-36(16-20-44-26(2)39)33-11-5-29(6-12-33)23-31-9-10-32(35(31)42)24-30-7-13-34(14-8-30)37(17-21-45-27(3)40)18-22-46-28(4)41/h5-8,11-14,23-24H,9-10,15-22H2,1-4H3/b31-23+,32-24+. The Morgan fingerprint density at radius 2 is 0.826 bits per heavy atom. The average molecular weight is 635 g/mol. The zero-order valence-corrected chi connectivity index (χ0v) is 26.9. The van der Waals surface area contributed by atoms with E-state index in [9.17, 15) is 24.0 Å². The maximum Gasteiger partial charge on any atom is 0.302 e. The SMILES string of the molecule is CC(=O)OCCN(CCOC(C)=O)c1ccc(/C=C2\CC/C(=C\c3ccc(N(CCOC(C)=O)CCOC(C)=O)cc3)C2=O)cc1. The molecule has 0 radical (unpaired) electrons. The predicted molar refractivity (Wildman–Crippen MR) is 174 cm³/mol. The molecule has 246 valence electrons. The summed E-state index contributed by atoms with van der Waals surface area (Å²) in [5.41, 5.74) is 5.00. The highest BCUT2D eigenvalue weighted by Crippen LogP contribution is 2.30. The van der Waals surface area contributed by atoms with E-state index in [4.69, 9.17) is 18.9 Å². The van der Waals surface area contributed by atoms with Gasteiger partial charge in [0.1, 0.15) is 26.4 Å². The Morgan fingerprint density at radius 1 is 0.543 bits per heavy atom. The van der Waals surface area contributed by atoms with Crippen LogP contribution >= 0.6 is 0 Å². The topological polar surface area (TPSA) is 129 Å². The minimum absolute atomic E-state index is 0.0157. The van der Waals surface area contributed by atoms with Gasteiger partial charge in [0.05, 0.1) is 26.2 Å². The van der Waals surface area contributed by atoms with Crippen LogP contribution in [0.4, 0.5) is 11.4 Å². The highest BCUT2D eigenvalue weighted by molar-refractivity contribution is 6.15. The largest absolute Gasteiger partial charge is 0.464 e. The van der Waals surface area contributed by atoms with Crippen molar-refractivity contribution >= 4 is 53.2 Å². The molecule has 0 aromatic heterocycles. The minimum atomic E-state index is -0.360. The first kappa shape index (κ1) is 35.5. The van der Waals surface area contributed by atoms with E-state index >= 15 is 0 Å². The van der Waals surface area contributed by atoms with E-state index in [0.29, 0.717) is 39.0 Å². The molecule has 0 atom stereocenters. The molecule has 0 saturated heterocycles. The highest BCUT2D eigenvalue weighted by Gasteiger charge is 2.23. The van der Waals surface area contributed by atoms with E-state index < -0.39 is 0 Å². The molecule has 0 N–H and O–H groups in total. The van der Waals surface area contributed by atoms with Crippen molar-refractivity contribution in [2.45, 2.75) is 40.5 Å². The lowest BCUT2D eigenvalue weighted by Gasteiger charge is -2.24. The smallest absolute Gasteiger partial charge is 0.302 e. The van der Waals surface area contributed by atoms with Gasteiger partial charge in [-0.3, -0.25) is 24.0 Å². The summed E-state index contributed by atoms with van der Waals surface area (Å²) in [5, 5.41) is 0. The fourth-order valence-electron chi connectivity index (χ4n) is 4.88. The number of anilines is 2. The maximum atomic E-state index is 13.2. The van der Waals surface area contributed by atoms with E-state index in [1.54, 1.807) is 0 Å². The van der Waals surface area contributed by atoms with Crippen LogP contribution in [0.5, 0.6) is 0 Å². The molecule has 0 amide bonds. The van der Waals surface area contributed by atoms with E-state index in [0.717, 1.165) is 33.6 Å². The number of allylic oxidation sites excluding steroid dienone is 2. The molecule has 0 heterocycles. The summed E-state index contributed by atoms with van der Waals surface area (Å²) in [5.74, 6) is -1.42. The fourth-order valence-corrected chi connectivity index (χ4v) is 4.88. The number of nitrogens with zero attached hydrogens (tertiary/aromatic N) is 2. The van der Waals surface area contributed by atoms with Crippen LogP contribution in [0.15, 0.2) is 59.7 Å². The molecule has 2 aromatic carbocycles. The van der Waals surface area contributed by atoms with E-state index in [-0.39, 0.29) is 56.1 Å². The molecule has 2 aromatic rings. The Balaban J connectivity index is 1.66. The Morgan fingerprint density at radius 3 is 1.09 bits per heavy atom. The maximum absolute atomic E-state index is 13.2. The van der Waals surface area contributed by atoms with Crippen molar-refractivity contribution in [3.05, 3.63) is 70.8 Å². The van der Waals surface area contributed by atoms with Crippen molar-refractivity contribution in [2.75, 3.05) is 62.4 Å². The summed E-state index contributed by atoms with van der Waals surface area (Å²) in [4.78, 5) is 61.9. The van der Waals surface area contributed by atoms with Crippen LogP contribution in [0, 0.1) is 0 Å². The van der Waals surface area contributed by atoms with Gasteiger partial charge in [-0.2, -0.15) is 0 Å². The monoisotopic (exact) mass is 634 g/mol. The summed E-state index contributed by atoms with van der Waals surface area (Å²) in [7, 11) is 0. The number of rotatable bonds is 16. The number of benzene rings is 2. The first-order valence-electron chi connectivity index (χ1n) is 15.2. The van der Waals surface area contributed by atoms with Gasteiger partial charge in [0.2, 0.25) is 0 Å². The summed E-state index contributed by atoms with van der Waals surface area (Å²) >= 11 is 0. The van der Waals surface area contributed by atoms with E-state index in [1.165, 1.54) is 27.7 Å². The summed E-state index contributed by atoms with van der Waals surface area (Å²) in [6.45, 7) is 8.01. The lowest BCUT2D eigenvalue weighted by atomic mass is 10.1. The molecule has 1 aliphatic carbocycles. The van der Waals surface area contributed by atoms with E-state index in [1.807, 2.05) is 70.5 Å². The number of carbonyl (C=O) groups is 5. The molecule has 1 aliphatic rings. The Kier molecular flexibility index (Phi) is 14.0. The second-order valence-electron chi connectivity index (χ2n) is 10.7. The van der Waals surface area contributed by atoms with Crippen molar-refractivity contribution in [1.82, 2.24) is 0 Å². The normalized spacial score (nSPS) is 14.2. The van der Waals surface area contributed by atoms with Crippen LogP contribution in [0.2, 0.25) is 0 Å². The van der Waals surface area contributed by atoms with Crippen LogP contribution in [0.3, 0.4) is 0 Å². The van der Waals surface area contributed by atoms with Gasteiger partial charge in [-0.15, -0.1) is 0 Å². The van der Waals surface area contributed by atoms with Gasteiger partial charge in [-0.1, -0.05) is 24.3 Å². The predicted octanol–water partition coefficient (Wildman–Crippen LogP) is 4.38.